The predicted octanol–water partition coefficient (Wildman–Crippen LogP) is 2.69. The molecule has 3 N–H and O–H groups in total. The molecule has 7 heteroatoms. The van der Waals surface area contributed by atoms with Crippen LogP contribution in [0, 0.1) is 5.92 Å². The number of hydrogen-bond acceptors (Lipinski definition) is 4. The molecule has 1 aliphatic rings. The number of benzene rings is 1. The molecule has 0 heterocycles. The molecule has 0 aliphatic heterocycles. The van der Waals surface area contributed by atoms with E-state index in [2.05, 4.69) is 16.2 Å². The first-order valence-corrected chi connectivity index (χ1v) is 9.05. The Balaban J connectivity index is 1.86. The van der Waals surface area contributed by atoms with E-state index in [4.69, 9.17) is 17.0 Å². The van der Waals surface area contributed by atoms with Gasteiger partial charge in [0.25, 0.3) is 5.91 Å². The zero-order valence-electron chi connectivity index (χ0n) is 14.6. The summed E-state index contributed by atoms with van der Waals surface area (Å²) < 4.78 is 5.63. The number of thiocarbonyl (C=S) groups is 1. The summed E-state index contributed by atoms with van der Waals surface area (Å²) in [4.78, 5) is 24.4. The Morgan fingerprint density at radius 3 is 2.48 bits per heavy atom. The second-order valence-corrected chi connectivity index (χ2v) is 6.80. The molecule has 2 rings (SSSR count). The van der Waals surface area contributed by atoms with Gasteiger partial charge in [0, 0.05) is 5.92 Å². The van der Waals surface area contributed by atoms with Crippen LogP contribution in [0.3, 0.4) is 0 Å². The van der Waals surface area contributed by atoms with E-state index in [1.165, 1.54) is 6.42 Å². The van der Waals surface area contributed by atoms with Gasteiger partial charge in [-0.3, -0.25) is 25.8 Å². The van der Waals surface area contributed by atoms with Crippen molar-refractivity contribution < 1.29 is 14.3 Å². The smallest absolute Gasteiger partial charge is 0.261 e. The van der Waals surface area contributed by atoms with Gasteiger partial charge in [-0.25, -0.2) is 0 Å². The summed E-state index contributed by atoms with van der Waals surface area (Å²) in [7, 11) is 0. The summed E-state index contributed by atoms with van der Waals surface area (Å²) in [5.41, 5.74) is 5.57. The summed E-state index contributed by atoms with van der Waals surface area (Å²) in [5, 5.41) is 2.60. The number of nitrogens with one attached hydrogen (secondary N) is 3. The third-order valence-corrected chi connectivity index (χ3v) is 4.20. The van der Waals surface area contributed by atoms with E-state index in [9.17, 15) is 9.59 Å². The summed E-state index contributed by atoms with van der Waals surface area (Å²) in [6.07, 6.45) is 5.08. The Morgan fingerprint density at radius 1 is 1.12 bits per heavy atom. The second kappa shape index (κ2) is 9.36. The monoisotopic (exact) mass is 363 g/mol. The minimum Gasteiger partial charge on any atom is -0.490 e. The lowest BCUT2D eigenvalue weighted by atomic mass is 9.89. The number of ether oxygens (including phenoxy) is 1. The van der Waals surface area contributed by atoms with E-state index in [-0.39, 0.29) is 28.9 Å². The van der Waals surface area contributed by atoms with Crippen molar-refractivity contribution >= 4 is 29.1 Å². The van der Waals surface area contributed by atoms with Crippen molar-refractivity contribution in [2.24, 2.45) is 5.92 Å². The Hall–Kier alpha value is -2.15. The van der Waals surface area contributed by atoms with Crippen LogP contribution >= 0.6 is 12.2 Å². The van der Waals surface area contributed by atoms with Gasteiger partial charge in [-0.15, -0.1) is 0 Å². The van der Waals surface area contributed by atoms with Crippen molar-refractivity contribution in [1.29, 1.82) is 0 Å². The molecule has 1 aromatic carbocycles. The summed E-state index contributed by atoms with van der Waals surface area (Å²) in [6.45, 7) is 3.78. The molecular weight excluding hydrogens is 338 g/mol. The normalized spacial score (nSPS) is 14.7. The third-order valence-electron chi connectivity index (χ3n) is 4.00. The number of amides is 2. The van der Waals surface area contributed by atoms with Gasteiger partial charge in [0.15, 0.2) is 5.11 Å². The van der Waals surface area contributed by atoms with Gasteiger partial charge in [-0.1, -0.05) is 31.4 Å². The summed E-state index contributed by atoms with van der Waals surface area (Å²) in [6, 6.07) is 6.95. The van der Waals surface area contributed by atoms with Crippen LogP contribution in [0.1, 0.15) is 56.3 Å². The van der Waals surface area contributed by atoms with E-state index in [0.29, 0.717) is 11.3 Å². The van der Waals surface area contributed by atoms with Crippen molar-refractivity contribution in [2.75, 3.05) is 0 Å². The second-order valence-electron chi connectivity index (χ2n) is 6.40. The van der Waals surface area contributed by atoms with Gasteiger partial charge in [-0.05, 0) is 51.0 Å². The molecule has 0 spiro atoms. The molecule has 1 saturated carbocycles. The first-order valence-electron chi connectivity index (χ1n) is 8.64. The topological polar surface area (TPSA) is 79.5 Å². The van der Waals surface area contributed by atoms with E-state index in [0.717, 1.165) is 25.7 Å². The molecular formula is C18H25N3O3S. The minimum atomic E-state index is -0.388. The molecule has 1 fully saturated rings. The van der Waals surface area contributed by atoms with Crippen LogP contribution in [0.25, 0.3) is 0 Å². The molecule has 25 heavy (non-hydrogen) atoms. The molecule has 6 nitrogen and oxygen atoms in total. The standard InChI is InChI=1S/C18H25N3O3S/c1-12(2)24-15-11-7-6-10-14(15)17(23)19-18(25)21-20-16(22)13-8-4-3-5-9-13/h6-7,10-13H,3-5,8-9H2,1-2H3,(H,20,22)(H2,19,21,23,25). The fourth-order valence-corrected chi connectivity index (χ4v) is 2.94. The largest absolute Gasteiger partial charge is 0.490 e. The fourth-order valence-electron chi connectivity index (χ4n) is 2.80. The van der Waals surface area contributed by atoms with Crippen molar-refractivity contribution in [3.63, 3.8) is 0 Å². The lowest BCUT2D eigenvalue weighted by Gasteiger charge is -2.21. The number of hydrazine groups is 1. The van der Waals surface area contributed by atoms with Crippen molar-refractivity contribution in [3.05, 3.63) is 29.8 Å². The van der Waals surface area contributed by atoms with E-state index in [1.54, 1.807) is 24.3 Å². The molecule has 0 saturated heterocycles. The molecule has 0 atom stereocenters. The first kappa shape index (κ1) is 19.2. The highest BCUT2D eigenvalue weighted by molar-refractivity contribution is 7.80. The highest BCUT2D eigenvalue weighted by Crippen LogP contribution is 2.23. The van der Waals surface area contributed by atoms with Crippen LogP contribution in [-0.4, -0.2) is 23.0 Å². The highest BCUT2D eigenvalue weighted by atomic mass is 32.1. The van der Waals surface area contributed by atoms with Gasteiger partial charge in [0.1, 0.15) is 5.75 Å². The SMILES string of the molecule is CC(C)Oc1ccccc1C(=O)NC(=S)NNC(=O)C1CCCCC1. The van der Waals surface area contributed by atoms with E-state index in [1.807, 2.05) is 13.8 Å². The lowest BCUT2D eigenvalue weighted by molar-refractivity contribution is -0.126. The quantitative estimate of drug-likeness (QED) is 0.566. The Bertz CT molecular complexity index is 628. The van der Waals surface area contributed by atoms with Crippen molar-refractivity contribution in [1.82, 2.24) is 16.2 Å². The Kier molecular flexibility index (Phi) is 7.18. The van der Waals surface area contributed by atoms with Gasteiger partial charge < -0.3 is 4.74 Å². The molecule has 0 radical (unpaired) electrons. The number of hydrogen-bond donors (Lipinski definition) is 3. The number of para-hydroxylation sites is 1. The average Bonchev–Trinajstić information content (AvgIpc) is 2.60. The Morgan fingerprint density at radius 2 is 1.80 bits per heavy atom. The van der Waals surface area contributed by atoms with Gasteiger partial charge in [0.05, 0.1) is 11.7 Å². The third kappa shape index (κ3) is 6.01. The maximum atomic E-state index is 12.4. The molecule has 2 amide bonds. The first-order chi connectivity index (χ1) is 12.0. The number of rotatable bonds is 4. The number of carbonyl (C=O) groups excluding carboxylic acids is 2. The highest BCUT2D eigenvalue weighted by Gasteiger charge is 2.21. The number of carbonyl (C=O) groups is 2. The predicted molar refractivity (Wildman–Crippen MR) is 100 cm³/mol. The zero-order chi connectivity index (χ0) is 18.2. The van der Waals surface area contributed by atoms with Crippen LogP contribution in [-0.2, 0) is 4.79 Å². The van der Waals surface area contributed by atoms with Crippen molar-refractivity contribution in [3.8, 4) is 5.75 Å². The van der Waals surface area contributed by atoms with Crippen LogP contribution in [0.2, 0.25) is 0 Å². The van der Waals surface area contributed by atoms with Crippen LogP contribution in [0.15, 0.2) is 24.3 Å². The van der Waals surface area contributed by atoms with Gasteiger partial charge in [-0.2, -0.15) is 0 Å². The maximum absolute atomic E-state index is 12.4. The average molecular weight is 363 g/mol. The molecule has 1 aromatic rings. The minimum absolute atomic E-state index is 0.0138. The van der Waals surface area contributed by atoms with Gasteiger partial charge >= 0.3 is 0 Å². The molecule has 0 aromatic heterocycles. The van der Waals surface area contributed by atoms with E-state index < -0.39 is 0 Å². The summed E-state index contributed by atoms with van der Waals surface area (Å²) >= 11 is 5.08. The Labute approximate surface area is 153 Å². The molecule has 0 unspecified atom stereocenters. The summed E-state index contributed by atoms with van der Waals surface area (Å²) in [5.74, 6) is 0.0319. The van der Waals surface area contributed by atoms with Crippen LogP contribution < -0.4 is 20.9 Å². The maximum Gasteiger partial charge on any atom is 0.261 e. The molecule has 0 bridgehead atoms. The van der Waals surface area contributed by atoms with Crippen LogP contribution in [0.4, 0.5) is 0 Å². The van der Waals surface area contributed by atoms with Crippen LogP contribution in [0.5, 0.6) is 5.75 Å². The lowest BCUT2D eigenvalue weighted by Crippen LogP contribution is -2.50. The zero-order valence-corrected chi connectivity index (χ0v) is 15.4. The fraction of sp³-hybridized carbons (Fsp3) is 0.500. The van der Waals surface area contributed by atoms with Gasteiger partial charge in [0.2, 0.25) is 5.91 Å². The molecule has 136 valence electrons. The molecule has 1 aliphatic carbocycles. The van der Waals surface area contributed by atoms with E-state index >= 15 is 0 Å². The van der Waals surface area contributed by atoms with Crippen molar-refractivity contribution in [2.45, 2.75) is 52.1 Å².